The van der Waals surface area contributed by atoms with Crippen LogP contribution in [0.1, 0.15) is 12.8 Å². The number of rotatable bonds is 15. The predicted molar refractivity (Wildman–Crippen MR) is 104 cm³/mol. The van der Waals surface area contributed by atoms with E-state index in [1.54, 1.807) is 0 Å². The van der Waals surface area contributed by atoms with Gasteiger partial charge in [-0.2, -0.15) is 0 Å². The molecule has 10 atom stereocenters. The molecule has 0 aromatic rings. The molecule has 16 N–H and O–H groups in total. The first-order valence-corrected chi connectivity index (χ1v) is 9.54. The summed E-state index contributed by atoms with van der Waals surface area (Å²) >= 11 is 0. The van der Waals surface area contributed by atoms with E-state index in [4.69, 9.17) is 21.7 Å². The first kappa shape index (κ1) is 30.5. The fourth-order valence-corrected chi connectivity index (χ4v) is 2.39. The molecule has 0 aliphatic heterocycles. The number of aliphatic hydroxyl groups is 10. The zero-order chi connectivity index (χ0) is 25.2. The van der Waals surface area contributed by atoms with Gasteiger partial charge in [-0.05, 0) is 0 Å². The number of carbonyl (C=O) groups is 2. The van der Waals surface area contributed by atoms with Gasteiger partial charge in [0.2, 0.25) is 11.8 Å². The average molecular weight is 474 g/mol. The van der Waals surface area contributed by atoms with E-state index in [1.807, 2.05) is 10.6 Å². The van der Waals surface area contributed by atoms with Gasteiger partial charge in [0, 0.05) is 12.8 Å². The zero-order valence-corrected chi connectivity index (χ0v) is 17.0. The van der Waals surface area contributed by atoms with Crippen LogP contribution in [0.15, 0.2) is 0 Å². The molecule has 16 heteroatoms. The van der Waals surface area contributed by atoms with Crippen molar-refractivity contribution < 1.29 is 60.7 Å². The van der Waals surface area contributed by atoms with Gasteiger partial charge in [0.25, 0.3) is 0 Å². The highest BCUT2D eigenvalue weighted by Gasteiger charge is 2.35. The number of amides is 2. The van der Waals surface area contributed by atoms with Gasteiger partial charge in [0.1, 0.15) is 49.1 Å². The van der Waals surface area contributed by atoms with Crippen LogP contribution in [0.3, 0.4) is 0 Å². The van der Waals surface area contributed by atoms with Crippen molar-refractivity contribution in [2.75, 3.05) is 13.2 Å². The number of nitrogens with two attached hydrogens (primary N) is 2. The Morgan fingerprint density at radius 1 is 0.594 bits per heavy atom. The fourth-order valence-electron chi connectivity index (χ4n) is 2.39. The lowest BCUT2D eigenvalue weighted by Crippen LogP contribution is -2.59. The topological polar surface area (TPSA) is 313 Å². The lowest BCUT2D eigenvalue weighted by molar-refractivity contribution is -0.133. The molecular weight excluding hydrogens is 440 g/mol. The summed E-state index contributed by atoms with van der Waals surface area (Å²) in [7, 11) is 0. The molecule has 0 radical (unpaired) electrons. The van der Waals surface area contributed by atoms with E-state index in [0.29, 0.717) is 0 Å². The van der Waals surface area contributed by atoms with Crippen LogP contribution in [0, 0.1) is 0 Å². The molecule has 0 fully saturated rings. The second kappa shape index (κ2) is 14.6. The summed E-state index contributed by atoms with van der Waals surface area (Å²) in [5.74, 6) is -1.85. The van der Waals surface area contributed by atoms with Gasteiger partial charge in [0.15, 0.2) is 0 Å². The van der Waals surface area contributed by atoms with Crippen molar-refractivity contribution in [1.29, 1.82) is 0 Å². The largest absolute Gasteiger partial charge is 0.394 e. The van der Waals surface area contributed by atoms with Crippen LogP contribution in [0.4, 0.5) is 0 Å². The third-order valence-corrected chi connectivity index (χ3v) is 4.58. The zero-order valence-electron chi connectivity index (χ0n) is 17.0. The van der Waals surface area contributed by atoms with Gasteiger partial charge in [-0.1, -0.05) is 0 Å². The second-order valence-electron chi connectivity index (χ2n) is 7.14. The molecule has 0 aliphatic rings. The summed E-state index contributed by atoms with van der Waals surface area (Å²) < 4.78 is 0. The minimum Gasteiger partial charge on any atom is -0.394 e. The van der Waals surface area contributed by atoms with Crippen LogP contribution in [0.25, 0.3) is 0 Å². The SMILES string of the molecule is N[C@H](C(O)NC(=O)CCC(=O)NC(O)[C@@H](N)[C@@H](O)[C@H](O)[C@H](O)CO)[C@@H](O)[C@H](O)[C@H](O)CO. The quantitative estimate of drug-likeness (QED) is 0.0980. The Hall–Kier alpha value is -1.54. The average Bonchev–Trinajstić information content (AvgIpc) is 2.78. The Morgan fingerprint density at radius 2 is 0.875 bits per heavy atom. The molecule has 0 rings (SSSR count). The molecular formula is C16H34N4O12. The molecule has 0 heterocycles. The highest BCUT2D eigenvalue weighted by molar-refractivity contribution is 5.83. The maximum absolute atomic E-state index is 11.8. The van der Waals surface area contributed by atoms with Crippen LogP contribution in [-0.2, 0) is 9.59 Å². The molecule has 2 unspecified atom stereocenters. The lowest BCUT2D eigenvalue weighted by atomic mass is 10.0. The highest BCUT2D eigenvalue weighted by atomic mass is 16.4. The first-order chi connectivity index (χ1) is 14.8. The van der Waals surface area contributed by atoms with E-state index >= 15 is 0 Å². The van der Waals surface area contributed by atoms with Crippen molar-refractivity contribution in [3.63, 3.8) is 0 Å². The lowest BCUT2D eigenvalue weighted by Gasteiger charge is -2.30. The summed E-state index contributed by atoms with van der Waals surface area (Å²) in [6, 6.07) is -3.32. The number of carbonyl (C=O) groups excluding carboxylic acids is 2. The van der Waals surface area contributed by atoms with Crippen molar-refractivity contribution in [3.8, 4) is 0 Å². The van der Waals surface area contributed by atoms with Crippen LogP contribution < -0.4 is 22.1 Å². The highest BCUT2D eigenvalue weighted by Crippen LogP contribution is 2.07. The van der Waals surface area contributed by atoms with E-state index in [9.17, 15) is 50.4 Å². The molecule has 0 aliphatic carbocycles. The summed E-state index contributed by atoms with van der Waals surface area (Å²) in [5, 5.41) is 98.1. The van der Waals surface area contributed by atoms with Gasteiger partial charge >= 0.3 is 0 Å². The standard InChI is InChI=1S/C16H34N4O12/c17-9(13(29)11(27)5(23)3-21)15(31)19-7(25)1-2-8(26)20-16(32)10(18)14(30)12(28)6(24)4-22/h5-6,9-16,21-24,27-32H,1-4,17-18H2,(H,19,25)(H,20,26)/t5-,6-,9+,10+,11-,12-,13-,14-,15?,16?/m1/s1. The molecule has 0 saturated heterocycles. The summed E-state index contributed by atoms with van der Waals surface area (Å²) in [6.45, 7) is -1.79. The van der Waals surface area contributed by atoms with Crippen molar-refractivity contribution in [2.24, 2.45) is 11.5 Å². The Labute approximate surface area is 182 Å². The first-order valence-electron chi connectivity index (χ1n) is 9.54. The van der Waals surface area contributed by atoms with Crippen LogP contribution in [0.5, 0.6) is 0 Å². The van der Waals surface area contributed by atoms with Crippen molar-refractivity contribution >= 4 is 11.8 Å². The maximum Gasteiger partial charge on any atom is 0.222 e. The third kappa shape index (κ3) is 9.53. The minimum absolute atomic E-state index is 0.538. The molecule has 32 heavy (non-hydrogen) atoms. The Bertz CT molecular complexity index is 525. The van der Waals surface area contributed by atoms with Gasteiger partial charge in [-0.15, -0.1) is 0 Å². The Morgan fingerprint density at radius 3 is 1.12 bits per heavy atom. The number of aliphatic hydroxyl groups excluding tert-OH is 10. The normalized spacial score (nSPS) is 21.2. The van der Waals surface area contributed by atoms with E-state index in [0.717, 1.165) is 0 Å². The van der Waals surface area contributed by atoms with Gasteiger partial charge in [-0.3, -0.25) is 9.59 Å². The van der Waals surface area contributed by atoms with Crippen LogP contribution in [-0.4, -0.2) is 137 Å². The predicted octanol–water partition coefficient (Wildman–Crippen LogP) is -8.56. The van der Waals surface area contributed by atoms with Crippen LogP contribution >= 0.6 is 0 Å². The third-order valence-electron chi connectivity index (χ3n) is 4.58. The second-order valence-corrected chi connectivity index (χ2v) is 7.14. The Balaban J connectivity index is 4.55. The summed E-state index contributed by atoms with van der Waals surface area (Å²) in [5.41, 5.74) is 10.9. The summed E-state index contributed by atoms with van der Waals surface area (Å²) in [6.07, 6.45) is -16.0. The fraction of sp³-hybridized carbons (Fsp3) is 0.875. The molecule has 0 bridgehead atoms. The molecule has 2 amide bonds. The Kier molecular flexibility index (Phi) is 13.9. The van der Waals surface area contributed by atoms with Crippen LogP contribution in [0.2, 0.25) is 0 Å². The molecule has 0 saturated carbocycles. The van der Waals surface area contributed by atoms with Crippen molar-refractivity contribution in [3.05, 3.63) is 0 Å². The molecule has 0 aromatic carbocycles. The maximum atomic E-state index is 11.8. The number of hydrogen-bond acceptors (Lipinski definition) is 14. The van der Waals surface area contributed by atoms with Gasteiger partial charge < -0.3 is 73.2 Å². The van der Waals surface area contributed by atoms with E-state index < -0.39 is 99.0 Å². The molecule has 0 aromatic heterocycles. The molecule has 190 valence electrons. The minimum atomic E-state index is -1.92. The van der Waals surface area contributed by atoms with Crippen molar-refractivity contribution in [1.82, 2.24) is 10.6 Å². The van der Waals surface area contributed by atoms with Crippen molar-refractivity contribution in [2.45, 2.75) is 74.0 Å². The van der Waals surface area contributed by atoms with E-state index in [2.05, 4.69) is 0 Å². The smallest absolute Gasteiger partial charge is 0.222 e. The molecule has 16 nitrogen and oxygen atoms in total. The van der Waals surface area contributed by atoms with E-state index in [1.165, 1.54) is 0 Å². The van der Waals surface area contributed by atoms with E-state index in [-0.39, 0.29) is 0 Å². The van der Waals surface area contributed by atoms with Gasteiger partial charge in [0.05, 0.1) is 25.3 Å². The number of nitrogens with one attached hydrogen (secondary N) is 2. The molecule has 0 spiro atoms. The number of hydrogen-bond donors (Lipinski definition) is 14. The van der Waals surface area contributed by atoms with Gasteiger partial charge in [-0.25, -0.2) is 0 Å². The monoisotopic (exact) mass is 474 g/mol. The summed E-state index contributed by atoms with van der Waals surface area (Å²) in [4.78, 5) is 23.6.